The molecule has 0 fully saturated rings. The number of thiazole rings is 1. The van der Waals surface area contributed by atoms with Crippen LogP contribution in [-0.2, 0) is 14.3 Å². The molecule has 2 heterocycles. The van der Waals surface area contributed by atoms with Gasteiger partial charge in [0.2, 0.25) is 0 Å². The van der Waals surface area contributed by atoms with E-state index < -0.39 is 12.0 Å². The van der Waals surface area contributed by atoms with Gasteiger partial charge in [-0.2, -0.15) is 0 Å². The van der Waals surface area contributed by atoms with Crippen molar-refractivity contribution in [1.82, 2.24) is 4.57 Å². The van der Waals surface area contributed by atoms with Crippen molar-refractivity contribution < 1.29 is 33.2 Å². The van der Waals surface area contributed by atoms with Crippen LogP contribution in [-0.4, -0.2) is 58.8 Å². The maximum atomic E-state index is 14.0. The number of methoxy groups -OCH3 is 4. The van der Waals surface area contributed by atoms with Gasteiger partial charge in [0.1, 0.15) is 6.61 Å². The average Bonchev–Trinajstić information content (AvgIpc) is 3.29. The van der Waals surface area contributed by atoms with Crippen LogP contribution in [0.3, 0.4) is 0 Å². The zero-order valence-electron chi connectivity index (χ0n) is 25.6. The Morgan fingerprint density at radius 2 is 1.65 bits per heavy atom. The van der Waals surface area contributed by atoms with Crippen LogP contribution in [0.4, 0.5) is 0 Å². The Balaban J connectivity index is 1.85. The Labute approximate surface area is 254 Å². The summed E-state index contributed by atoms with van der Waals surface area (Å²) in [4.78, 5) is 32.6. The van der Waals surface area contributed by atoms with E-state index in [1.165, 1.54) is 23.0 Å². The van der Waals surface area contributed by atoms with E-state index in [1.54, 1.807) is 58.6 Å². The second-order valence-corrected chi connectivity index (χ2v) is 11.3. The fourth-order valence-electron chi connectivity index (χ4n) is 4.67. The van der Waals surface area contributed by atoms with Gasteiger partial charge in [0.15, 0.2) is 27.8 Å². The Kier molecular flexibility index (Phi) is 10.7. The molecule has 0 spiro atoms. The summed E-state index contributed by atoms with van der Waals surface area (Å²) in [6, 6.07) is 10.0. The zero-order valence-corrected chi connectivity index (χ0v) is 26.4. The molecule has 3 aromatic rings. The van der Waals surface area contributed by atoms with Gasteiger partial charge in [-0.15, -0.1) is 0 Å². The molecule has 2 aromatic carbocycles. The summed E-state index contributed by atoms with van der Waals surface area (Å²) < 4.78 is 35.0. The summed E-state index contributed by atoms with van der Waals surface area (Å²) in [7, 11) is 6.21. The van der Waals surface area contributed by atoms with Crippen molar-refractivity contribution in [1.29, 1.82) is 0 Å². The molecular formula is C32H38N2O8S. The number of hydrogen-bond acceptors (Lipinski definition) is 10. The minimum Gasteiger partial charge on any atom is -0.493 e. The van der Waals surface area contributed by atoms with E-state index in [0.29, 0.717) is 56.1 Å². The van der Waals surface area contributed by atoms with E-state index in [4.69, 9.17) is 28.4 Å². The topological polar surface area (TPSA) is 107 Å². The van der Waals surface area contributed by atoms with Crippen LogP contribution in [0.15, 0.2) is 57.5 Å². The van der Waals surface area contributed by atoms with Crippen molar-refractivity contribution in [3.05, 3.63) is 78.5 Å². The Morgan fingerprint density at radius 1 is 0.953 bits per heavy atom. The predicted octanol–water partition coefficient (Wildman–Crippen LogP) is 3.88. The van der Waals surface area contributed by atoms with Gasteiger partial charge in [0, 0.05) is 7.11 Å². The smallest absolute Gasteiger partial charge is 0.338 e. The van der Waals surface area contributed by atoms with Crippen molar-refractivity contribution >= 4 is 23.4 Å². The largest absolute Gasteiger partial charge is 0.493 e. The first-order valence-electron chi connectivity index (χ1n) is 13.9. The van der Waals surface area contributed by atoms with Gasteiger partial charge in [0.25, 0.3) is 5.56 Å². The lowest BCUT2D eigenvalue weighted by molar-refractivity contribution is -0.140. The molecule has 0 radical (unpaired) electrons. The van der Waals surface area contributed by atoms with Crippen molar-refractivity contribution in [2.45, 2.75) is 33.2 Å². The quantitative estimate of drug-likeness (QED) is 0.212. The lowest BCUT2D eigenvalue weighted by Crippen LogP contribution is -2.40. The number of rotatable bonds is 13. The molecule has 10 nitrogen and oxygen atoms in total. The summed E-state index contributed by atoms with van der Waals surface area (Å²) in [5.41, 5.74) is 1.83. The molecule has 1 aliphatic rings. The highest BCUT2D eigenvalue weighted by Gasteiger charge is 2.34. The first kappa shape index (κ1) is 31.8. The van der Waals surface area contributed by atoms with Gasteiger partial charge >= 0.3 is 5.97 Å². The van der Waals surface area contributed by atoms with Crippen molar-refractivity contribution in [3.8, 4) is 23.0 Å². The van der Waals surface area contributed by atoms with Crippen molar-refractivity contribution in [3.63, 3.8) is 0 Å². The Bertz CT molecular complexity index is 1670. The van der Waals surface area contributed by atoms with Gasteiger partial charge in [-0.3, -0.25) is 9.36 Å². The van der Waals surface area contributed by atoms with Crippen molar-refractivity contribution in [2.75, 3.05) is 48.3 Å². The van der Waals surface area contributed by atoms with E-state index >= 15 is 0 Å². The SMILES string of the molecule is COCCOC(=O)C1=C(C)N=c2sc(=Cc3ccc(OC)c(OC)c3)c(=O)n2C1c1ccc(OCCC(C)C)c(OC)c1. The lowest BCUT2D eigenvalue weighted by atomic mass is 9.95. The molecule has 0 N–H and O–H groups in total. The molecule has 0 aliphatic carbocycles. The minimum absolute atomic E-state index is 0.0640. The van der Waals surface area contributed by atoms with Crippen LogP contribution in [0.25, 0.3) is 6.08 Å². The number of fused-ring (bicyclic) bond motifs is 1. The first-order chi connectivity index (χ1) is 20.7. The third-order valence-electron chi connectivity index (χ3n) is 6.92. The molecule has 1 atom stereocenters. The summed E-state index contributed by atoms with van der Waals surface area (Å²) in [6.45, 7) is 6.85. The molecule has 1 aliphatic heterocycles. The number of carbonyl (C=O) groups is 1. The molecule has 11 heteroatoms. The molecule has 43 heavy (non-hydrogen) atoms. The second-order valence-electron chi connectivity index (χ2n) is 10.3. The number of aromatic nitrogens is 1. The highest BCUT2D eigenvalue weighted by molar-refractivity contribution is 7.07. The second kappa shape index (κ2) is 14.4. The number of ether oxygens (including phenoxy) is 6. The molecule has 0 amide bonds. The molecule has 1 aromatic heterocycles. The Hall–Kier alpha value is -4.09. The monoisotopic (exact) mass is 610 g/mol. The summed E-state index contributed by atoms with van der Waals surface area (Å²) in [5, 5.41) is 0. The van der Waals surface area contributed by atoms with Gasteiger partial charge < -0.3 is 28.4 Å². The van der Waals surface area contributed by atoms with Crippen LogP contribution >= 0.6 is 11.3 Å². The van der Waals surface area contributed by atoms with Gasteiger partial charge in [0.05, 0.1) is 56.4 Å². The number of esters is 1. The molecule has 0 bridgehead atoms. The molecule has 230 valence electrons. The fourth-order valence-corrected chi connectivity index (χ4v) is 5.71. The summed E-state index contributed by atoms with van der Waals surface area (Å²) >= 11 is 1.24. The molecule has 4 rings (SSSR count). The van der Waals surface area contributed by atoms with Crippen LogP contribution in [0.1, 0.15) is 44.4 Å². The van der Waals surface area contributed by atoms with E-state index in [2.05, 4.69) is 18.8 Å². The fraction of sp³-hybridized carbons (Fsp3) is 0.406. The lowest BCUT2D eigenvalue weighted by Gasteiger charge is -2.25. The third-order valence-corrected chi connectivity index (χ3v) is 7.91. The van der Waals surface area contributed by atoms with E-state index in [-0.39, 0.29) is 24.3 Å². The summed E-state index contributed by atoms with van der Waals surface area (Å²) in [5.74, 6) is 2.12. The van der Waals surface area contributed by atoms with E-state index in [0.717, 1.165) is 12.0 Å². The predicted molar refractivity (Wildman–Crippen MR) is 164 cm³/mol. The first-order valence-corrected chi connectivity index (χ1v) is 14.7. The van der Waals surface area contributed by atoms with Crippen molar-refractivity contribution in [2.24, 2.45) is 10.9 Å². The normalized spacial score (nSPS) is 14.8. The molecular weight excluding hydrogens is 572 g/mol. The molecule has 0 saturated heterocycles. The summed E-state index contributed by atoms with van der Waals surface area (Å²) in [6.07, 6.45) is 2.66. The van der Waals surface area contributed by atoms with E-state index in [9.17, 15) is 9.59 Å². The number of benzene rings is 2. The van der Waals surface area contributed by atoms with Crippen LogP contribution in [0.5, 0.6) is 23.0 Å². The average molecular weight is 611 g/mol. The number of nitrogens with zero attached hydrogens (tertiary/aromatic N) is 2. The molecule has 1 unspecified atom stereocenters. The maximum absolute atomic E-state index is 14.0. The molecule has 0 saturated carbocycles. The van der Waals surface area contributed by atoms with Crippen LogP contribution < -0.4 is 33.8 Å². The standard InChI is InChI=1S/C32H38N2O8S/c1-19(2)12-13-41-24-11-9-22(18-26(24)40-7)29-28(31(36)42-15-14-37-4)20(3)33-32-34(29)30(35)27(43-32)17-21-8-10-23(38-5)25(16-21)39-6/h8-11,16-19,29H,12-15H2,1-7H3. The highest BCUT2D eigenvalue weighted by Crippen LogP contribution is 2.36. The van der Waals surface area contributed by atoms with Gasteiger partial charge in [-0.05, 0) is 60.7 Å². The Morgan fingerprint density at radius 3 is 2.33 bits per heavy atom. The highest BCUT2D eigenvalue weighted by atomic mass is 32.1. The third kappa shape index (κ3) is 7.11. The number of carbonyl (C=O) groups excluding carboxylic acids is 1. The van der Waals surface area contributed by atoms with Gasteiger partial charge in [-0.1, -0.05) is 37.3 Å². The van der Waals surface area contributed by atoms with Gasteiger partial charge in [-0.25, -0.2) is 9.79 Å². The minimum atomic E-state index is -0.808. The van der Waals surface area contributed by atoms with E-state index in [1.807, 2.05) is 12.1 Å². The number of hydrogen-bond donors (Lipinski definition) is 0. The maximum Gasteiger partial charge on any atom is 0.338 e. The zero-order chi connectivity index (χ0) is 31.1. The van der Waals surface area contributed by atoms with Crippen LogP contribution in [0.2, 0.25) is 0 Å². The van der Waals surface area contributed by atoms with Crippen LogP contribution in [0, 0.1) is 5.92 Å². The number of allylic oxidation sites excluding steroid dienone is 1.